The van der Waals surface area contributed by atoms with E-state index < -0.39 is 5.82 Å². The van der Waals surface area contributed by atoms with Crippen LogP contribution in [0, 0.1) is 5.82 Å². The quantitative estimate of drug-likeness (QED) is 0.601. The third-order valence-electron chi connectivity index (χ3n) is 1.88. The van der Waals surface area contributed by atoms with Gasteiger partial charge >= 0.3 is 0 Å². The summed E-state index contributed by atoms with van der Waals surface area (Å²) in [4.78, 5) is 0. The summed E-state index contributed by atoms with van der Waals surface area (Å²) in [5, 5.41) is 0. The number of hydrogen-bond acceptors (Lipinski definition) is 3. The molecule has 0 bridgehead atoms. The Hall–Kier alpha value is -0.900. The van der Waals surface area contributed by atoms with Crippen molar-refractivity contribution >= 4 is 17.4 Å². The van der Waals surface area contributed by atoms with Gasteiger partial charge in [-0.15, -0.1) is 0 Å². The van der Waals surface area contributed by atoms with Gasteiger partial charge in [-0.05, 0) is 30.1 Å². The van der Waals surface area contributed by atoms with Gasteiger partial charge in [-0.25, -0.2) is 4.39 Å². The van der Waals surface area contributed by atoms with Crippen molar-refractivity contribution in [1.82, 2.24) is 0 Å². The number of nitrogens with two attached hydrogens (primary N) is 1. The SMILES string of the molecule is CCSCCCOc1ccc(N)c(F)c1. The van der Waals surface area contributed by atoms with Gasteiger partial charge in [-0.1, -0.05) is 6.92 Å². The largest absolute Gasteiger partial charge is 0.493 e. The molecule has 0 aromatic heterocycles. The van der Waals surface area contributed by atoms with Gasteiger partial charge in [0.05, 0.1) is 12.3 Å². The van der Waals surface area contributed by atoms with Crippen LogP contribution in [-0.2, 0) is 0 Å². The van der Waals surface area contributed by atoms with Gasteiger partial charge in [0.15, 0.2) is 0 Å². The molecule has 0 saturated heterocycles. The maximum atomic E-state index is 13.0. The Bertz CT molecular complexity index is 307. The number of benzene rings is 1. The number of halogens is 1. The Balaban J connectivity index is 2.28. The molecule has 0 aliphatic rings. The van der Waals surface area contributed by atoms with Crippen molar-refractivity contribution in [2.45, 2.75) is 13.3 Å². The number of hydrogen-bond donors (Lipinski definition) is 1. The van der Waals surface area contributed by atoms with Crippen LogP contribution >= 0.6 is 11.8 Å². The van der Waals surface area contributed by atoms with Crippen molar-refractivity contribution in [3.8, 4) is 5.75 Å². The molecule has 1 rings (SSSR count). The average molecular weight is 229 g/mol. The maximum absolute atomic E-state index is 13.0. The number of anilines is 1. The maximum Gasteiger partial charge on any atom is 0.149 e. The molecule has 2 N–H and O–H groups in total. The fourth-order valence-electron chi connectivity index (χ4n) is 1.09. The van der Waals surface area contributed by atoms with E-state index in [1.807, 2.05) is 11.8 Å². The molecule has 0 unspecified atom stereocenters. The highest BCUT2D eigenvalue weighted by atomic mass is 32.2. The first-order valence-electron chi connectivity index (χ1n) is 4.99. The molecule has 1 aromatic carbocycles. The molecule has 0 heterocycles. The summed E-state index contributed by atoms with van der Waals surface area (Å²) in [6, 6.07) is 4.53. The molecule has 0 fully saturated rings. The lowest BCUT2D eigenvalue weighted by atomic mass is 10.3. The molecule has 0 aliphatic carbocycles. The monoisotopic (exact) mass is 229 g/mol. The standard InChI is InChI=1S/C11H16FNOS/c1-2-15-7-3-6-14-9-4-5-11(13)10(12)8-9/h4-5,8H,2-3,6-7,13H2,1H3. The minimum Gasteiger partial charge on any atom is -0.493 e. The highest BCUT2D eigenvalue weighted by Gasteiger charge is 2.00. The van der Waals surface area contributed by atoms with E-state index in [0.29, 0.717) is 12.4 Å². The van der Waals surface area contributed by atoms with E-state index >= 15 is 0 Å². The smallest absolute Gasteiger partial charge is 0.149 e. The van der Waals surface area contributed by atoms with Gasteiger partial charge in [0.25, 0.3) is 0 Å². The van der Waals surface area contributed by atoms with E-state index in [9.17, 15) is 4.39 Å². The summed E-state index contributed by atoms with van der Waals surface area (Å²) in [6.07, 6.45) is 0.977. The predicted molar refractivity (Wildman–Crippen MR) is 63.9 cm³/mol. The van der Waals surface area contributed by atoms with Crippen LogP contribution in [0.4, 0.5) is 10.1 Å². The topological polar surface area (TPSA) is 35.2 Å². The average Bonchev–Trinajstić information content (AvgIpc) is 2.23. The number of nitrogen functional groups attached to an aromatic ring is 1. The second kappa shape index (κ2) is 6.56. The van der Waals surface area contributed by atoms with Gasteiger partial charge in [0.2, 0.25) is 0 Å². The summed E-state index contributed by atoms with van der Waals surface area (Å²) in [5.41, 5.74) is 5.51. The highest BCUT2D eigenvalue weighted by Crippen LogP contribution is 2.18. The van der Waals surface area contributed by atoms with Gasteiger partial charge in [-0.3, -0.25) is 0 Å². The van der Waals surface area contributed by atoms with E-state index in [0.717, 1.165) is 17.9 Å². The van der Waals surface area contributed by atoms with E-state index in [2.05, 4.69) is 6.92 Å². The Morgan fingerprint density at radius 1 is 1.47 bits per heavy atom. The van der Waals surface area contributed by atoms with Crippen LogP contribution in [0.1, 0.15) is 13.3 Å². The second-order valence-corrected chi connectivity index (χ2v) is 4.48. The molecule has 0 saturated carbocycles. The van der Waals surface area contributed by atoms with Crippen LogP contribution in [0.2, 0.25) is 0 Å². The van der Waals surface area contributed by atoms with Gasteiger partial charge in [0.1, 0.15) is 11.6 Å². The molecule has 0 aliphatic heterocycles. The van der Waals surface area contributed by atoms with Crippen LogP contribution in [0.15, 0.2) is 18.2 Å². The predicted octanol–water partition coefficient (Wildman–Crippen LogP) is 2.93. The fourth-order valence-corrected chi connectivity index (χ4v) is 1.70. The lowest BCUT2D eigenvalue weighted by molar-refractivity contribution is 0.317. The lowest BCUT2D eigenvalue weighted by Gasteiger charge is -2.06. The summed E-state index contributed by atoms with van der Waals surface area (Å²) < 4.78 is 18.4. The van der Waals surface area contributed by atoms with Crippen LogP contribution < -0.4 is 10.5 Å². The third kappa shape index (κ3) is 4.42. The first-order valence-corrected chi connectivity index (χ1v) is 6.15. The van der Waals surface area contributed by atoms with Gasteiger partial charge in [0, 0.05) is 6.07 Å². The molecule has 4 heteroatoms. The highest BCUT2D eigenvalue weighted by molar-refractivity contribution is 7.99. The molecule has 0 atom stereocenters. The zero-order chi connectivity index (χ0) is 11.1. The van der Waals surface area contributed by atoms with E-state index in [-0.39, 0.29) is 5.69 Å². The number of thioether (sulfide) groups is 1. The first kappa shape index (κ1) is 12.2. The number of rotatable bonds is 6. The molecule has 0 amide bonds. The van der Waals surface area contributed by atoms with Crippen molar-refractivity contribution in [3.05, 3.63) is 24.0 Å². The lowest BCUT2D eigenvalue weighted by Crippen LogP contribution is -2.00. The Kier molecular flexibility index (Phi) is 5.32. The minimum atomic E-state index is -0.421. The summed E-state index contributed by atoms with van der Waals surface area (Å²) >= 11 is 1.87. The molecule has 84 valence electrons. The van der Waals surface area contributed by atoms with Crippen LogP contribution in [0.5, 0.6) is 5.75 Å². The molecular formula is C11H16FNOS. The zero-order valence-electron chi connectivity index (χ0n) is 8.83. The van der Waals surface area contributed by atoms with Crippen molar-refractivity contribution < 1.29 is 9.13 Å². The Labute approximate surface area is 94.0 Å². The van der Waals surface area contributed by atoms with Crippen LogP contribution in [0.3, 0.4) is 0 Å². The van der Waals surface area contributed by atoms with Crippen molar-refractivity contribution in [2.75, 3.05) is 23.8 Å². The zero-order valence-corrected chi connectivity index (χ0v) is 9.65. The van der Waals surface area contributed by atoms with Crippen molar-refractivity contribution in [1.29, 1.82) is 0 Å². The summed E-state index contributed by atoms with van der Waals surface area (Å²) in [7, 11) is 0. The van der Waals surface area contributed by atoms with Crippen LogP contribution in [-0.4, -0.2) is 18.1 Å². The number of ether oxygens (including phenoxy) is 1. The van der Waals surface area contributed by atoms with E-state index in [1.165, 1.54) is 12.1 Å². The third-order valence-corrected chi connectivity index (χ3v) is 2.86. The molecule has 15 heavy (non-hydrogen) atoms. The Morgan fingerprint density at radius 3 is 2.93 bits per heavy atom. The second-order valence-electron chi connectivity index (χ2n) is 3.08. The molecule has 0 spiro atoms. The Morgan fingerprint density at radius 2 is 2.27 bits per heavy atom. The summed E-state index contributed by atoms with van der Waals surface area (Å²) in [5.74, 6) is 2.32. The van der Waals surface area contributed by atoms with Gasteiger partial charge in [-0.2, -0.15) is 11.8 Å². The molecular weight excluding hydrogens is 213 g/mol. The van der Waals surface area contributed by atoms with Gasteiger partial charge < -0.3 is 10.5 Å². The van der Waals surface area contributed by atoms with Crippen molar-refractivity contribution in [2.24, 2.45) is 0 Å². The van der Waals surface area contributed by atoms with Crippen LogP contribution in [0.25, 0.3) is 0 Å². The normalized spacial score (nSPS) is 10.3. The molecule has 1 aromatic rings. The van der Waals surface area contributed by atoms with E-state index in [4.69, 9.17) is 10.5 Å². The van der Waals surface area contributed by atoms with E-state index in [1.54, 1.807) is 6.07 Å². The van der Waals surface area contributed by atoms with Crippen molar-refractivity contribution in [3.63, 3.8) is 0 Å². The molecule has 0 radical (unpaired) electrons. The summed E-state index contributed by atoms with van der Waals surface area (Å²) in [6.45, 7) is 2.75. The fraction of sp³-hybridized carbons (Fsp3) is 0.455. The minimum absolute atomic E-state index is 0.156. The molecule has 2 nitrogen and oxygen atoms in total. The first-order chi connectivity index (χ1) is 7.24.